The molecule has 2 aromatic carbocycles. The van der Waals surface area contributed by atoms with Crippen molar-refractivity contribution in [3.8, 4) is 0 Å². The molecule has 30 heavy (non-hydrogen) atoms. The van der Waals surface area contributed by atoms with Crippen LogP contribution >= 0.6 is 0 Å². The van der Waals surface area contributed by atoms with Crippen LogP contribution in [0.2, 0.25) is 0 Å². The van der Waals surface area contributed by atoms with Gasteiger partial charge in [0.15, 0.2) is 5.58 Å². The molecule has 7 nitrogen and oxygen atoms in total. The van der Waals surface area contributed by atoms with Gasteiger partial charge in [-0.2, -0.15) is 13.2 Å². The minimum absolute atomic E-state index is 0.145. The average Bonchev–Trinajstić information content (AvgIpc) is 2.95. The lowest BCUT2D eigenvalue weighted by Gasteiger charge is -2.34. The molecule has 0 spiro atoms. The van der Waals surface area contributed by atoms with E-state index in [2.05, 4.69) is 29.2 Å². The summed E-state index contributed by atoms with van der Waals surface area (Å²) in [5, 5.41) is 7.12. The van der Waals surface area contributed by atoms with Crippen molar-refractivity contribution in [3.05, 3.63) is 64.1 Å². The van der Waals surface area contributed by atoms with Crippen LogP contribution < -0.4 is 16.4 Å². The number of carboxylic acid groups (broad SMARTS) is 1. The number of aliphatic carboxylic acids is 1. The van der Waals surface area contributed by atoms with E-state index in [0.29, 0.717) is 5.58 Å². The molecule has 0 saturated carbocycles. The monoisotopic (exact) mass is 423 g/mol. The summed E-state index contributed by atoms with van der Waals surface area (Å²) in [5.41, 5.74) is 11.3. The van der Waals surface area contributed by atoms with Crippen LogP contribution in [-0.4, -0.2) is 34.4 Å². The first kappa shape index (κ1) is 21.4. The minimum Gasteiger partial charge on any atom is -0.475 e. The second-order valence-corrected chi connectivity index (χ2v) is 7.01. The molecule has 1 aliphatic heterocycles. The number of carbonyl (C=O) groups is 1. The van der Waals surface area contributed by atoms with Crippen molar-refractivity contribution in [2.75, 3.05) is 11.4 Å². The maximum absolute atomic E-state index is 11.6. The number of halogens is 3. The van der Waals surface area contributed by atoms with Crippen molar-refractivity contribution in [1.82, 2.24) is 4.57 Å². The van der Waals surface area contributed by atoms with Crippen LogP contribution in [0, 0.1) is 0 Å². The topological polar surface area (TPSA) is 102 Å². The molecular weight excluding hydrogens is 403 g/mol. The van der Waals surface area contributed by atoms with Crippen LogP contribution in [0.3, 0.4) is 0 Å². The van der Waals surface area contributed by atoms with E-state index in [4.69, 9.17) is 20.1 Å². The summed E-state index contributed by atoms with van der Waals surface area (Å²) in [6, 6.07) is 14.4. The Hall–Kier alpha value is -3.27. The number of nitrogens with two attached hydrogens (primary N) is 1. The fraction of sp³-hybridized carbons (Fsp3) is 0.300. The molecule has 3 N–H and O–H groups in total. The normalized spacial score (nSPS) is 16.0. The van der Waals surface area contributed by atoms with E-state index in [0.717, 1.165) is 30.6 Å². The van der Waals surface area contributed by atoms with Crippen LogP contribution in [0.1, 0.15) is 11.1 Å². The molecule has 1 unspecified atom stereocenters. The van der Waals surface area contributed by atoms with E-state index in [1.54, 1.807) is 7.05 Å². The first-order chi connectivity index (χ1) is 14.1. The first-order valence-electron chi connectivity index (χ1n) is 9.03. The Bertz CT molecular complexity index is 1120. The SMILES string of the molecule is Cn1c(=O)oc2ccc(CN3CC(N)Cc4ccccc43)cc21.O=C(O)C(F)(F)F. The molecule has 0 fully saturated rings. The highest BCUT2D eigenvalue weighted by Crippen LogP contribution is 2.28. The summed E-state index contributed by atoms with van der Waals surface area (Å²) >= 11 is 0. The molecule has 4 rings (SSSR count). The van der Waals surface area contributed by atoms with Gasteiger partial charge in [0.05, 0.1) is 5.52 Å². The van der Waals surface area contributed by atoms with Gasteiger partial charge in [-0.15, -0.1) is 0 Å². The van der Waals surface area contributed by atoms with E-state index in [9.17, 15) is 18.0 Å². The smallest absolute Gasteiger partial charge is 0.475 e. The number of fused-ring (bicyclic) bond motifs is 2. The highest BCUT2D eigenvalue weighted by Gasteiger charge is 2.38. The third-order valence-corrected chi connectivity index (χ3v) is 4.74. The Morgan fingerprint density at radius 3 is 2.60 bits per heavy atom. The van der Waals surface area contributed by atoms with Gasteiger partial charge in [-0.3, -0.25) is 4.57 Å². The summed E-state index contributed by atoms with van der Waals surface area (Å²) in [6.45, 7) is 1.60. The summed E-state index contributed by atoms with van der Waals surface area (Å²) in [7, 11) is 1.73. The van der Waals surface area contributed by atoms with Gasteiger partial charge in [-0.05, 0) is 35.7 Å². The molecule has 10 heteroatoms. The Labute approximate surface area is 169 Å². The number of oxazole rings is 1. The number of anilines is 1. The van der Waals surface area contributed by atoms with Gasteiger partial charge in [0.2, 0.25) is 0 Å². The highest BCUT2D eigenvalue weighted by molar-refractivity contribution is 5.74. The maximum atomic E-state index is 11.6. The predicted molar refractivity (Wildman–Crippen MR) is 104 cm³/mol. The van der Waals surface area contributed by atoms with E-state index < -0.39 is 12.1 Å². The zero-order valence-corrected chi connectivity index (χ0v) is 16.0. The molecule has 0 aliphatic carbocycles. The number of para-hydroxylation sites is 1. The summed E-state index contributed by atoms with van der Waals surface area (Å²) in [4.78, 5) is 22.8. The fourth-order valence-electron chi connectivity index (χ4n) is 3.36. The number of carboxylic acids is 1. The van der Waals surface area contributed by atoms with Gasteiger partial charge in [0, 0.05) is 31.9 Å². The second kappa shape index (κ2) is 8.23. The van der Waals surface area contributed by atoms with Crippen LogP contribution in [0.4, 0.5) is 18.9 Å². The fourth-order valence-corrected chi connectivity index (χ4v) is 3.36. The van der Waals surface area contributed by atoms with Crippen LogP contribution in [-0.2, 0) is 24.8 Å². The molecule has 2 heterocycles. The Morgan fingerprint density at radius 2 is 1.93 bits per heavy atom. The lowest BCUT2D eigenvalue weighted by molar-refractivity contribution is -0.192. The van der Waals surface area contributed by atoms with Gasteiger partial charge in [0.1, 0.15) is 0 Å². The number of alkyl halides is 3. The van der Waals surface area contributed by atoms with Crippen molar-refractivity contribution in [3.63, 3.8) is 0 Å². The van der Waals surface area contributed by atoms with Gasteiger partial charge in [0.25, 0.3) is 0 Å². The minimum atomic E-state index is -5.08. The molecule has 1 aliphatic rings. The summed E-state index contributed by atoms with van der Waals surface area (Å²) in [6.07, 6.45) is -4.16. The van der Waals surface area contributed by atoms with Crippen molar-refractivity contribution in [2.24, 2.45) is 12.8 Å². The number of benzene rings is 2. The third-order valence-electron chi connectivity index (χ3n) is 4.74. The molecule has 0 radical (unpaired) electrons. The van der Waals surface area contributed by atoms with Gasteiger partial charge in [-0.25, -0.2) is 9.59 Å². The van der Waals surface area contributed by atoms with Gasteiger partial charge < -0.3 is 20.2 Å². The van der Waals surface area contributed by atoms with E-state index in [1.807, 2.05) is 18.2 Å². The third kappa shape index (κ3) is 4.65. The zero-order chi connectivity index (χ0) is 22.1. The first-order valence-corrected chi connectivity index (χ1v) is 9.03. The van der Waals surface area contributed by atoms with Crippen molar-refractivity contribution >= 4 is 22.8 Å². The maximum Gasteiger partial charge on any atom is 0.490 e. The predicted octanol–water partition coefficient (Wildman–Crippen LogP) is 2.65. The second-order valence-electron chi connectivity index (χ2n) is 7.01. The highest BCUT2D eigenvalue weighted by atomic mass is 19.4. The Morgan fingerprint density at radius 1 is 1.27 bits per heavy atom. The molecule has 1 aromatic heterocycles. The van der Waals surface area contributed by atoms with Gasteiger partial charge in [-0.1, -0.05) is 24.3 Å². The van der Waals surface area contributed by atoms with Crippen molar-refractivity contribution in [1.29, 1.82) is 0 Å². The van der Waals surface area contributed by atoms with Crippen LogP contribution in [0.25, 0.3) is 11.1 Å². The number of rotatable bonds is 2. The Balaban J connectivity index is 0.000000318. The summed E-state index contributed by atoms with van der Waals surface area (Å²) in [5.74, 6) is -3.09. The lowest BCUT2D eigenvalue weighted by Crippen LogP contribution is -2.42. The molecule has 3 aromatic rings. The van der Waals surface area contributed by atoms with E-state index in [1.165, 1.54) is 15.8 Å². The van der Waals surface area contributed by atoms with Crippen molar-refractivity contribution < 1.29 is 27.5 Å². The molecule has 1 atom stereocenters. The van der Waals surface area contributed by atoms with E-state index >= 15 is 0 Å². The molecule has 0 saturated heterocycles. The number of hydrogen-bond acceptors (Lipinski definition) is 5. The zero-order valence-electron chi connectivity index (χ0n) is 16.0. The average molecular weight is 423 g/mol. The number of aryl methyl sites for hydroxylation is 1. The number of aromatic nitrogens is 1. The standard InChI is InChI=1S/C18H19N3O2.C2HF3O2/c1-20-16-8-12(6-7-17(16)23-18(20)22)10-21-11-14(19)9-13-4-2-3-5-15(13)21;3-2(4,5)1(6)7/h2-8,14H,9-11,19H2,1H3;(H,6,7). The molecular formula is C20H20F3N3O4. The van der Waals surface area contributed by atoms with Crippen LogP contribution in [0.15, 0.2) is 51.7 Å². The quantitative estimate of drug-likeness (QED) is 0.657. The van der Waals surface area contributed by atoms with E-state index in [-0.39, 0.29) is 11.8 Å². The van der Waals surface area contributed by atoms with Crippen LogP contribution in [0.5, 0.6) is 0 Å². The lowest BCUT2D eigenvalue weighted by atomic mass is 9.98. The number of hydrogen-bond donors (Lipinski definition) is 2. The summed E-state index contributed by atoms with van der Waals surface area (Å²) < 4.78 is 38.5. The van der Waals surface area contributed by atoms with Gasteiger partial charge >= 0.3 is 17.9 Å². The molecule has 0 amide bonds. The largest absolute Gasteiger partial charge is 0.490 e. The molecule has 160 valence electrons. The molecule has 0 bridgehead atoms. The Kier molecular flexibility index (Phi) is 5.88. The number of nitrogens with zero attached hydrogens (tertiary/aromatic N) is 2. The van der Waals surface area contributed by atoms with Crippen molar-refractivity contribution in [2.45, 2.75) is 25.2 Å².